The smallest absolute Gasteiger partial charge is 0.250 e. The van der Waals surface area contributed by atoms with Crippen LogP contribution in [-0.4, -0.2) is 37.5 Å². The highest BCUT2D eigenvalue weighted by molar-refractivity contribution is 6.33. The average Bonchev–Trinajstić information content (AvgIpc) is 3.32. The summed E-state index contributed by atoms with van der Waals surface area (Å²) in [6, 6.07) is 14.7. The molecule has 130 valence electrons. The summed E-state index contributed by atoms with van der Waals surface area (Å²) >= 11 is 6.15. The fourth-order valence-corrected chi connectivity index (χ4v) is 2.58. The lowest BCUT2D eigenvalue weighted by Crippen LogP contribution is -2.04. The van der Waals surface area contributed by atoms with Crippen molar-refractivity contribution in [2.75, 3.05) is 7.11 Å². The van der Waals surface area contributed by atoms with Crippen LogP contribution < -0.4 is 4.74 Å². The quantitative estimate of drug-likeness (QED) is 0.534. The van der Waals surface area contributed by atoms with Gasteiger partial charge in [0.25, 0.3) is 5.89 Å². The molecule has 4 rings (SSSR count). The van der Waals surface area contributed by atoms with Gasteiger partial charge in [0.2, 0.25) is 11.6 Å². The first-order valence-corrected chi connectivity index (χ1v) is 8.10. The normalized spacial score (nSPS) is 10.8. The van der Waals surface area contributed by atoms with Crippen molar-refractivity contribution < 1.29 is 9.26 Å². The van der Waals surface area contributed by atoms with Crippen molar-refractivity contribution in [3.05, 3.63) is 59.4 Å². The van der Waals surface area contributed by atoms with Crippen LogP contribution in [0.15, 0.2) is 53.1 Å². The maximum absolute atomic E-state index is 6.15. The number of hydrogen-bond acceptors (Lipinski definition) is 7. The molecule has 0 amide bonds. The molecule has 0 fully saturated rings. The van der Waals surface area contributed by atoms with Crippen molar-refractivity contribution in [3.8, 4) is 28.5 Å². The van der Waals surface area contributed by atoms with E-state index in [1.165, 1.54) is 4.80 Å². The largest absolute Gasteiger partial charge is 0.497 e. The Morgan fingerprint density at radius 3 is 2.65 bits per heavy atom. The van der Waals surface area contributed by atoms with Gasteiger partial charge in [-0.15, -0.1) is 10.2 Å². The molecule has 0 saturated carbocycles. The highest BCUT2D eigenvalue weighted by Gasteiger charge is 2.13. The van der Waals surface area contributed by atoms with Gasteiger partial charge in [0, 0.05) is 11.1 Å². The van der Waals surface area contributed by atoms with Gasteiger partial charge in [-0.25, -0.2) is 0 Å². The summed E-state index contributed by atoms with van der Waals surface area (Å²) in [5.41, 5.74) is 1.54. The van der Waals surface area contributed by atoms with E-state index < -0.39 is 0 Å². The minimum atomic E-state index is 0.209. The SMILES string of the molecule is COc1ccc(-c2noc(Cn3nnc(-c4ccccc4Cl)n3)n2)cc1. The lowest BCUT2D eigenvalue weighted by atomic mass is 10.2. The second-order valence-corrected chi connectivity index (χ2v) is 5.77. The van der Waals surface area contributed by atoms with Crippen LogP contribution in [0.5, 0.6) is 5.75 Å². The minimum absolute atomic E-state index is 0.209. The zero-order valence-corrected chi connectivity index (χ0v) is 14.5. The third-order valence-electron chi connectivity index (χ3n) is 3.66. The Balaban J connectivity index is 1.52. The van der Waals surface area contributed by atoms with Gasteiger partial charge in [-0.1, -0.05) is 28.9 Å². The van der Waals surface area contributed by atoms with E-state index in [1.54, 1.807) is 13.2 Å². The summed E-state index contributed by atoms with van der Waals surface area (Å²) in [5.74, 6) is 2.05. The van der Waals surface area contributed by atoms with E-state index in [-0.39, 0.29) is 6.54 Å². The molecule has 0 aliphatic heterocycles. The average molecular weight is 369 g/mol. The Labute approximate surface area is 153 Å². The standard InChI is InChI=1S/C17H13ClN6O2/c1-25-12-8-6-11(7-9-12)16-19-15(26-22-16)10-24-21-17(20-23-24)13-4-2-3-5-14(13)18/h2-9H,10H2,1H3. The maximum atomic E-state index is 6.15. The Morgan fingerprint density at radius 1 is 1.08 bits per heavy atom. The fraction of sp³-hybridized carbons (Fsp3) is 0.118. The lowest BCUT2D eigenvalue weighted by Gasteiger charge is -1.98. The van der Waals surface area contributed by atoms with Gasteiger partial charge in [0.05, 0.1) is 12.1 Å². The number of ether oxygens (including phenoxy) is 1. The lowest BCUT2D eigenvalue weighted by molar-refractivity contribution is 0.356. The monoisotopic (exact) mass is 368 g/mol. The molecule has 0 spiro atoms. The molecular formula is C17H13ClN6O2. The number of aromatic nitrogens is 6. The summed E-state index contributed by atoms with van der Waals surface area (Å²) in [5, 5.41) is 16.9. The van der Waals surface area contributed by atoms with E-state index in [2.05, 4.69) is 25.6 Å². The molecule has 4 aromatic rings. The van der Waals surface area contributed by atoms with Crippen LogP contribution in [0.4, 0.5) is 0 Å². The zero-order chi connectivity index (χ0) is 17.9. The Hall–Kier alpha value is -3.26. The van der Waals surface area contributed by atoms with E-state index in [0.29, 0.717) is 28.1 Å². The summed E-state index contributed by atoms with van der Waals surface area (Å²) in [7, 11) is 1.61. The molecule has 0 N–H and O–H groups in total. The third-order valence-corrected chi connectivity index (χ3v) is 3.99. The molecule has 0 saturated heterocycles. The van der Waals surface area contributed by atoms with Gasteiger partial charge >= 0.3 is 0 Å². The number of halogens is 1. The number of benzene rings is 2. The Bertz CT molecular complexity index is 1030. The summed E-state index contributed by atoms with van der Waals surface area (Å²) in [6.45, 7) is 0.209. The molecule has 0 unspecified atom stereocenters. The number of methoxy groups -OCH3 is 1. The van der Waals surface area contributed by atoms with Crippen molar-refractivity contribution in [1.82, 2.24) is 30.3 Å². The van der Waals surface area contributed by atoms with Gasteiger partial charge in [-0.3, -0.25) is 0 Å². The molecule has 2 aromatic carbocycles. The van der Waals surface area contributed by atoms with Gasteiger partial charge in [0.15, 0.2) is 0 Å². The first-order chi connectivity index (χ1) is 12.7. The van der Waals surface area contributed by atoms with E-state index >= 15 is 0 Å². The molecule has 26 heavy (non-hydrogen) atoms. The van der Waals surface area contributed by atoms with Crippen LogP contribution in [-0.2, 0) is 6.54 Å². The molecule has 8 nitrogen and oxygen atoms in total. The highest BCUT2D eigenvalue weighted by Crippen LogP contribution is 2.24. The van der Waals surface area contributed by atoms with Crippen molar-refractivity contribution in [3.63, 3.8) is 0 Å². The van der Waals surface area contributed by atoms with Gasteiger partial charge in [0.1, 0.15) is 12.3 Å². The molecule has 2 heterocycles. The van der Waals surface area contributed by atoms with E-state index in [0.717, 1.165) is 11.3 Å². The molecular weight excluding hydrogens is 356 g/mol. The molecule has 0 radical (unpaired) electrons. The van der Waals surface area contributed by atoms with Crippen molar-refractivity contribution >= 4 is 11.6 Å². The Morgan fingerprint density at radius 2 is 1.88 bits per heavy atom. The summed E-state index contributed by atoms with van der Waals surface area (Å²) in [6.07, 6.45) is 0. The van der Waals surface area contributed by atoms with Crippen LogP contribution >= 0.6 is 11.6 Å². The van der Waals surface area contributed by atoms with Crippen LogP contribution in [0, 0.1) is 0 Å². The zero-order valence-electron chi connectivity index (χ0n) is 13.7. The van der Waals surface area contributed by atoms with E-state index in [9.17, 15) is 0 Å². The van der Waals surface area contributed by atoms with Crippen LogP contribution in [0.2, 0.25) is 5.02 Å². The second-order valence-electron chi connectivity index (χ2n) is 5.36. The van der Waals surface area contributed by atoms with Crippen molar-refractivity contribution in [2.45, 2.75) is 6.54 Å². The van der Waals surface area contributed by atoms with Crippen molar-refractivity contribution in [1.29, 1.82) is 0 Å². The van der Waals surface area contributed by atoms with Crippen LogP contribution in [0.1, 0.15) is 5.89 Å². The van der Waals surface area contributed by atoms with Crippen LogP contribution in [0.3, 0.4) is 0 Å². The summed E-state index contributed by atoms with van der Waals surface area (Å²) in [4.78, 5) is 5.74. The van der Waals surface area contributed by atoms with Crippen molar-refractivity contribution in [2.24, 2.45) is 0 Å². The van der Waals surface area contributed by atoms with E-state index in [4.69, 9.17) is 20.9 Å². The predicted molar refractivity (Wildman–Crippen MR) is 93.7 cm³/mol. The number of hydrogen-bond donors (Lipinski definition) is 0. The molecule has 0 bridgehead atoms. The van der Waals surface area contributed by atoms with Gasteiger partial charge in [-0.2, -0.15) is 9.78 Å². The first kappa shape index (κ1) is 16.2. The van der Waals surface area contributed by atoms with Gasteiger partial charge < -0.3 is 9.26 Å². The first-order valence-electron chi connectivity index (χ1n) is 7.72. The van der Waals surface area contributed by atoms with Gasteiger partial charge in [-0.05, 0) is 41.6 Å². The molecule has 9 heteroatoms. The Kier molecular flexibility index (Phi) is 4.32. The number of nitrogens with zero attached hydrogens (tertiary/aromatic N) is 6. The molecule has 0 atom stereocenters. The summed E-state index contributed by atoms with van der Waals surface area (Å²) < 4.78 is 10.4. The topological polar surface area (TPSA) is 91.8 Å². The number of rotatable bonds is 5. The highest BCUT2D eigenvalue weighted by atomic mass is 35.5. The minimum Gasteiger partial charge on any atom is -0.497 e. The number of tetrazole rings is 1. The maximum Gasteiger partial charge on any atom is 0.250 e. The predicted octanol–water partition coefficient (Wildman–Crippen LogP) is 3.10. The fourth-order valence-electron chi connectivity index (χ4n) is 2.36. The third kappa shape index (κ3) is 3.27. The van der Waals surface area contributed by atoms with Crippen LogP contribution in [0.25, 0.3) is 22.8 Å². The molecule has 0 aliphatic carbocycles. The van der Waals surface area contributed by atoms with E-state index in [1.807, 2.05) is 42.5 Å². The second kappa shape index (κ2) is 6.93. The molecule has 2 aromatic heterocycles. The molecule has 0 aliphatic rings.